The largest absolute Gasteiger partial charge is 0.294 e. The van der Waals surface area contributed by atoms with Crippen LogP contribution >= 0.6 is 0 Å². The molecule has 2 heterocycles. The first-order valence-corrected chi connectivity index (χ1v) is 6.63. The topological polar surface area (TPSA) is 112 Å². The fraction of sp³-hybridized carbons (Fsp3) is 0.444. The van der Waals surface area contributed by atoms with Crippen LogP contribution in [0, 0.1) is 6.92 Å². The second-order valence-electron chi connectivity index (χ2n) is 4.00. The lowest BCUT2D eigenvalue weighted by Gasteiger charge is -2.30. The van der Waals surface area contributed by atoms with Crippen LogP contribution in [-0.4, -0.2) is 47.3 Å². The molecule has 18 heavy (non-hydrogen) atoms. The SMILES string of the molecule is Cc1[nH]ncc1S(=O)(=O)N1CC(=O)NC(=O)C1C. The van der Waals surface area contributed by atoms with Gasteiger partial charge in [0.1, 0.15) is 10.9 Å². The summed E-state index contributed by atoms with van der Waals surface area (Å²) in [6.45, 7) is 2.60. The highest BCUT2D eigenvalue weighted by Crippen LogP contribution is 2.21. The maximum atomic E-state index is 12.3. The summed E-state index contributed by atoms with van der Waals surface area (Å²) in [6, 6.07) is -0.929. The van der Waals surface area contributed by atoms with Crippen molar-refractivity contribution in [1.29, 1.82) is 0 Å². The van der Waals surface area contributed by atoms with E-state index in [4.69, 9.17) is 0 Å². The number of aromatic nitrogens is 2. The van der Waals surface area contributed by atoms with E-state index < -0.39 is 27.9 Å². The molecule has 2 N–H and O–H groups in total. The Bertz CT molecular complexity index is 606. The van der Waals surface area contributed by atoms with Crippen molar-refractivity contribution in [3.05, 3.63) is 11.9 Å². The monoisotopic (exact) mass is 272 g/mol. The van der Waals surface area contributed by atoms with Crippen molar-refractivity contribution in [3.8, 4) is 0 Å². The maximum Gasteiger partial charge on any atom is 0.247 e. The molecule has 1 aliphatic heterocycles. The van der Waals surface area contributed by atoms with Gasteiger partial charge >= 0.3 is 0 Å². The number of hydrogen-bond donors (Lipinski definition) is 2. The number of nitrogens with zero attached hydrogens (tertiary/aromatic N) is 2. The summed E-state index contributed by atoms with van der Waals surface area (Å²) in [5.41, 5.74) is 0.362. The zero-order chi connectivity index (χ0) is 13.5. The summed E-state index contributed by atoms with van der Waals surface area (Å²) in [5.74, 6) is -1.27. The lowest BCUT2D eigenvalue weighted by Crippen LogP contribution is -2.58. The number of carbonyl (C=O) groups is 2. The molecule has 1 fully saturated rings. The van der Waals surface area contributed by atoms with Gasteiger partial charge in [-0.1, -0.05) is 0 Å². The van der Waals surface area contributed by atoms with Gasteiger partial charge in [0, 0.05) is 0 Å². The second-order valence-corrected chi connectivity index (χ2v) is 5.86. The standard InChI is InChI=1S/C9H12N4O4S/c1-5-7(3-10-12-5)18(16,17)13-4-8(14)11-9(15)6(13)2/h3,6H,4H2,1-2H3,(H,10,12)(H,11,14,15). The third-order valence-corrected chi connectivity index (χ3v) is 4.77. The molecule has 0 spiro atoms. The number of amides is 2. The Morgan fingerprint density at radius 1 is 1.44 bits per heavy atom. The molecule has 8 nitrogen and oxygen atoms in total. The predicted molar refractivity (Wildman–Crippen MR) is 59.8 cm³/mol. The highest BCUT2D eigenvalue weighted by molar-refractivity contribution is 7.89. The maximum absolute atomic E-state index is 12.3. The molecule has 1 aromatic heterocycles. The molecule has 0 aliphatic carbocycles. The van der Waals surface area contributed by atoms with Gasteiger partial charge in [0.05, 0.1) is 18.4 Å². The number of nitrogens with one attached hydrogen (secondary N) is 2. The van der Waals surface area contributed by atoms with Gasteiger partial charge in [-0.3, -0.25) is 20.0 Å². The number of carbonyl (C=O) groups excluding carboxylic acids is 2. The first-order valence-electron chi connectivity index (χ1n) is 5.19. The van der Waals surface area contributed by atoms with Crippen LogP contribution in [-0.2, 0) is 19.6 Å². The molecular weight excluding hydrogens is 260 g/mol. The third-order valence-electron chi connectivity index (χ3n) is 2.74. The van der Waals surface area contributed by atoms with Crippen LogP contribution < -0.4 is 5.32 Å². The summed E-state index contributed by atoms with van der Waals surface area (Å²) in [5, 5.41) is 8.22. The van der Waals surface area contributed by atoms with Crippen LogP contribution in [0.5, 0.6) is 0 Å². The average molecular weight is 272 g/mol. The minimum Gasteiger partial charge on any atom is -0.294 e. The van der Waals surface area contributed by atoms with Crippen LogP contribution in [0.25, 0.3) is 0 Å². The number of imide groups is 1. The van der Waals surface area contributed by atoms with Crippen molar-refractivity contribution in [2.75, 3.05) is 6.54 Å². The molecule has 98 valence electrons. The van der Waals surface area contributed by atoms with E-state index in [0.717, 1.165) is 10.5 Å². The molecule has 9 heteroatoms. The molecule has 1 aliphatic rings. The molecule has 1 aromatic rings. The number of rotatable bonds is 2. The van der Waals surface area contributed by atoms with E-state index in [1.807, 2.05) is 0 Å². The summed E-state index contributed by atoms with van der Waals surface area (Å²) >= 11 is 0. The van der Waals surface area contributed by atoms with Crippen molar-refractivity contribution in [2.24, 2.45) is 0 Å². The third kappa shape index (κ3) is 1.91. The molecule has 2 rings (SSSR count). The van der Waals surface area contributed by atoms with E-state index >= 15 is 0 Å². The first kappa shape index (κ1) is 12.7. The highest BCUT2D eigenvalue weighted by atomic mass is 32.2. The fourth-order valence-electron chi connectivity index (χ4n) is 1.71. The molecule has 0 aromatic carbocycles. The summed E-state index contributed by atoms with van der Waals surface area (Å²) < 4.78 is 25.5. The zero-order valence-electron chi connectivity index (χ0n) is 9.80. The van der Waals surface area contributed by atoms with Crippen molar-refractivity contribution < 1.29 is 18.0 Å². The summed E-state index contributed by atoms with van der Waals surface area (Å²) in [6.07, 6.45) is 1.16. The quantitative estimate of drug-likeness (QED) is 0.653. The second kappa shape index (κ2) is 4.18. The number of piperazine rings is 1. The smallest absolute Gasteiger partial charge is 0.247 e. The van der Waals surface area contributed by atoms with Crippen molar-refractivity contribution in [3.63, 3.8) is 0 Å². The Balaban J connectivity index is 2.44. The van der Waals surface area contributed by atoms with E-state index in [2.05, 4.69) is 15.5 Å². The van der Waals surface area contributed by atoms with E-state index in [1.54, 1.807) is 6.92 Å². The Labute approximate surface area is 103 Å². The Hall–Kier alpha value is -1.74. The normalized spacial score (nSPS) is 22.0. The van der Waals surface area contributed by atoms with E-state index in [-0.39, 0.29) is 11.4 Å². The molecule has 1 atom stereocenters. The number of aryl methyl sites for hydroxylation is 1. The van der Waals surface area contributed by atoms with E-state index in [0.29, 0.717) is 5.69 Å². The van der Waals surface area contributed by atoms with Crippen LogP contribution in [0.15, 0.2) is 11.1 Å². The summed E-state index contributed by atoms with van der Waals surface area (Å²) in [4.78, 5) is 22.7. The Morgan fingerprint density at radius 3 is 2.67 bits per heavy atom. The van der Waals surface area contributed by atoms with Gasteiger partial charge in [-0.2, -0.15) is 9.40 Å². The Morgan fingerprint density at radius 2 is 2.11 bits per heavy atom. The summed E-state index contributed by atoms with van der Waals surface area (Å²) in [7, 11) is -3.91. The first-order chi connectivity index (χ1) is 8.34. The molecule has 1 saturated heterocycles. The molecule has 2 amide bonds. The average Bonchev–Trinajstić information content (AvgIpc) is 2.70. The molecule has 1 unspecified atom stereocenters. The van der Waals surface area contributed by atoms with Crippen molar-refractivity contribution >= 4 is 21.8 Å². The number of H-pyrrole nitrogens is 1. The van der Waals surface area contributed by atoms with Gasteiger partial charge in [0.2, 0.25) is 21.8 Å². The van der Waals surface area contributed by atoms with Crippen LogP contribution in [0.2, 0.25) is 0 Å². The predicted octanol–water partition coefficient (Wildman–Crippen LogP) is -1.25. The van der Waals surface area contributed by atoms with E-state index in [1.165, 1.54) is 6.92 Å². The lowest BCUT2D eigenvalue weighted by molar-refractivity contribution is -0.136. The molecular formula is C9H12N4O4S. The molecule has 0 saturated carbocycles. The van der Waals surface area contributed by atoms with Crippen LogP contribution in [0.1, 0.15) is 12.6 Å². The van der Waals surface area contributed by atoms with Gasteiger partial charge < -0.3 is 0 Å². The van der Waals surface area contributed by atoms with Gasteiger partial charge in [0.15, 0.2) is 0 Å². The lowest BCUT2D eigenvalue weighted by atomic mass is 10.2. The van der Waals surface area contributed by atoms with Crippen molar-refractivity contribution in [2.45, 2.75) is 24.8 Å². The number of sulfonamides is 1. The zero-order valence-corrected chi connectivity index (χ0v) is 10.6. The van der Waals surface area contributed by atoms with Crippen LogP contribution in [0.3, 0.4) is 0 Å². The molecule has 0 bridgehead atoms. The number of aromatic amines is 1. The fourth-order valence-corrected chi connectivity index (χ4v) is 3.38. The minimum absolute atomic E-state index is 0.0307. The van der Waals surface area contributed by atoms with Crippen LogP contribution in [0.4, 0.5) is 0 Å². The van der Waals surface area contributed by atoms with Gasteiger partial charge in [-0.15, -0.1) is 0 Å². The highest BCUT2D eigenvalue weighted by Gasteiger charge is 2.39. The van der Waals surface area contributed by atoms with Crippen molar-refractivity contribution in [1.82, 2.24) is 19.8 Å². The molecule has 0 radical (unpaired) electrons. The van der Waals surface area contributed by atoms with Gasteiger partial charge in [0.25, 0.3) is 0 Å². The van der Waals surface area contributed by atoms with Gasteiger partial charge in [-0.05, 0) is 13.8 Å². The van der Waals surface area contributed by atoms with E-state index in [9.17, 15) is 18.0 Å². The number of hydrogen-bond acceptors (Lipinski definition) is 5. The Kier molecular flexibility index (Phi) is 2.95. The minimum atomic E-state index is -3.91. The van der Waals surface area contributed by atoms with Gasteiger partial charge in [-0.25, -0.2) is 8.42 Å².